The molecular weight excluding hydrogens is 260 g/mol. The zero-order valence-electron chi connectivity index (χ0n) is 12.3. The van der Waals surface area contributed by atoms with Crippen LogP contribution < -0.4 is 4.74 Å². The van der Waals surface area contributed by atoms with Crippen LogP contribution in [0.1, 0.15) is 44.7 Å². The second-order valence-corrected chi connectivity index (χ2v) is 5.68. The van der Waals surface area contributed by atoms with Crippen molar-refractivity contribution in [3.8, 4) is 5.75 Å². The summed E-state index contributed by atoms with van der Waals surface area (Å²) in [4.78, 5) is 11.2. The van der Waals surface area contributed by atoms with E-state index in [4.69, 9.17) is 16.3 Å². The summed E-state index contributed by atoms with van der Waals surface area (Å²) in [6.45, 7) is 8.48. The molecular formula is C16H23ClO2. The van der Waals surface area contributed by atoms with E-state index < -0.39 is 0 Å². The third-order valence-corrected chi connectivity index (χ3v) is 3.41. The second-order valence-electron chi connectivity index (χ2n) is 5.27. The molecule has 0 saturated carbocycles. The van der Waals surface area contributed by atoms with E-state index in [1.54, 1.807) is 6.92 Å². The first-order valence-corrected chi connectivity index (χ1v) is 7.23. The number of aryl methyl sites for hydroxylation is 1. The fourth-order valence-electron chi connectivity index (χ4n) is 2.14. The lowest BCUT2D eigenvalue weighted by Gasteiger charge is -2.16. The number of hydrogen-bond donors (Lipinski definition) is 0. The molecule has 0 radical (unpaired) electrons. The molecule has 1 rings (SSSR count). The third kappa shape index (κ3) is 5.23. The normalized spacial score (nSPS) is 12.3. The van der Waals surface area contributed by atoms with Crippen LogP contribution in [0, 0.1) is 12.8 Å². The fraction of sp³-hybridized carbons (Fsp3) is 0.562. The first-order valence-electron chi connectivity index (χ1n) is 6.85. The van der Waals surface area contributed by atoms with E-state index in [9.17, 15) is 4.79 Å². The first-order chi connectivity index (χ1) is 8.93. The number of ketones is 1. The van der Waals surface area contributed by atoms with Gasteiger partial charge in [-0.15, -0.1) is 0 Å². The molecule has 1 atom stereocenters. The highest BCUT2D eigenvalue weighted by Crippen LogP contribution is 2.29. The first kappa shape index (κ1) is 16.0. The van der Waals surface area contributed by atoms with Gasteiger partial charge in [0.1, 0.15) is 11.5 Å². The van der Waals surface area contributed by atoms with Gasteiger partial charge in [0.25, 0.3) is 0 Å². The van der Waals surface area contributed by atoms with Gasteiger partial charge < -0.3 is 9.53 Å². The van der Waals surface area contributed by atoms with Gasteiger partial charge in [-0.25, -0.2) is 0 Å². The highest BCUT2D eigenvalue weighted by Gasteiger charge is 2.13. The van der Waals surface area contributed by atoms with Crippen LogP contribution in [0.25, 0.3) is 0 Å². The molecule has 106 valence electrons. The molecule has 0 fully saturated rings. The van der Waals surface area contributed by atoms with Crippen molar-refractivity contribution in [1.82, 2.24) is 0 Å². The lowest BCUT2D eigenvalue weighted by molar-refractivity contribution is -0.117. The molecule has 0 saturated heterocycles. The highest BCUT2D eigenvalue weighted by atomic mass is 35.5. The average molecular weight is 283 g/mol. The number of carbonyl (C=O) groups excluding carboxylic acids is 1. The summed E-state index contributed by atoms with van der Waals surface area (Å²) in [6.07, 6.45) is 2.39. The molecule has 0 aromatic heterocycles. The topological polar surface area (TPSA) is 26.3 Å². The molecule has 0 N–H and O–H groups in total. The van der Waals surface area contributed by atoms with E-state index in [2.05, 4.69) is 13.8 Å². The quantitative estimate of drug-likeness (QED) is 0.731. The molecule has 0 aliphatic carbocycles. The predicted molar refractivity (Wildman–Crippen MR) is 80.1 cm³/mol. The summed E-state index contributed by atoms with van der Waals surface area (Å²) in [5.74, 6) is 1.43. The minimum atomic E-state index is 0.224. The maximum absolute atomic E-state index is 11.2. The molecule has 3 heteroatoms. The van der Waals surface area contributed by atoms with Gasteiger partial charge in [0.2, 0.25) is 0 Å². The van der Waals surface area contributed by atoms with Crippen LogP contribution in [0.3, 0.4) is 0 Å². The zero-order valence-corrected chi connectivity index (χ0v) is 13.0. The summed E-state index contributed by atoms with van der Waals surface area (Å²) in [5.41, 5.74) is 2.12. The number of ether oxygens (including phenoxy) is 1. The van der Waals surface area contributed by atoms with E-state index in [1.165, 1.54) is 0 Å². The van der Waals surface area contributed by atoms with Crippen molar-refractivity contribution >= 4 is 17.4 Å². The van der Waals surface area contributed by atoms with Crippen LogP contribution in [-0.4, -0.2) is 12.4 Å². The van der Waals surface area contributed by atoms with Gasteiger partial charge in [0.15, 0.2) is 0 Å². The number of Topliss-reactive ketones (excluding diaryl/α,β-unsaturated/α-hetero) is 1. The van der Waals surface area contributed by atoms with E-state index >= 15 is 0 Å². The van der Waals surface area contributed by atoms with Gasteiger partial charge in [0.05, 0.1) is 6.61 Å². The number of benzene rings is 1. The van der Waals surface area contributed by atoms with Gasteiger partial charge >= 0.3 is 0 Å². The van der Waals surface area contributed by atoms with Crippen molar-refractivity contribution < 1.29 is 9.53 Å². The highest BCUT2D eigenvalue weighted by molar-refractivity contribution is 6.31. The van der Waals surface area contributed by atoms with Crippen LogP contribution >= 0.6 is 11.6 Å². The van der Waals surface area contributed by atoms with Crippen molar-refractivity contribution in [2.24, 2.45) is 5.92 Å². The fourth-order valence-corrected chi connectivity index (χ4v) is 2.33. The molecule has 19 heavy (non-hydrogen) atoms. The molecule has 0 bridgehead atoms. The Morgan fingerprint density at radius 1 is 1.42 bits per heavy atom. The maximum Gasteiger partial charge on any atom is 0.130 e. The molecule has 0 aliphatic heterocycles. The Morgan fingerprint density at radius 2 is 2.11 bits per heavy atom. The Hall–Kier alpha value is -1.02. The van der Waals surface area contributed by atoms with E-state index in [0.29, 0.717) is 18.9 Å². The monoisotopic (exact) mass is 282 g/mol. The Kier molecular flexibility index (Phi) is 6.36. The molecule has 0 aliphatic rings. The smallest absolute Gasteiger partial charge is 0.130 e. The van der Waals surface area contributed by atoms with Crippen LogP contribution in [0.15, 0.2) is 12.1 Å². The van der Waals surface area contributed by atoms with Crippen molar-refractivity contribution in [2.45, 2.75) is 47.0 Å². The van der Waals surface area contributed by atoms with Crippen LogP contribution in [0.4, 0.5) is 0 Å². The molecule has 1 aromatic carbocycles. The Labute approximate surface area is 121 Å². The predicted octanol–water partition coefficient (Wildman–Crippen LogP) is 4.59. The van der Waals surface area contributed by atoms with Crippen molar-refractivity contribution in [3.05, 3.63) is 28.3 Å². The lowest BCUT2D eigenvalue weighted by Crippen LogP contribution is -2.07. The largest absolute Gasteiger partial charge is 0.493 e. The standard InChI is InChI=1S/C16H23ClO2/c1-5-6-19-16-9-12(3)15(17)10-14(16)8-11(2)7-13(4)18/h9-11H,5-8H2,1-4H3. The van der Waals surface area contributed by atoms with Crippen LogP contribution in [0.5, 0.6) is 5.75 Å². The molecule has 0 spiro atoms. The van der Waals surface area contributed by atoms with E-state index in [1.807, 2.05) is 19.1 Å². The summed E-state index contributed by atoms with van der Waals surface area (Å²) in [7, 11) is 0. The third-order valence-electron chi connectivity index (χ3n) is 3.01. The van der Waals surface area contributed by atoms with Gasteiger partial charge in [-0.05, 0) is 55.9 Å². The minimum absolute atomic E-state index is 0.224. The van der Waals surface area contributed by atoms with Gasteiger partial charge in [-0.1, -0.05) is 25.4 Å². The number of carbonyl (C=O) groups is 1. The van der Waals surface area contributed by atoms with Gasteiger partial charge in [-0.2, -0.15) is 0 Å². The van der Waals surface area contributed by atoms with Gasteiger partial charge in [0, 0.05) is 11.4 Å². The molecule has 0 amide bonds. The van der Waals surface area contributed by atoms with Crippen molar-refractivity contribution in [2.75, 3.05) is 6.61 Å². The Bertz CT molecular complexity index is 441. The molecule has 1 unspecified atom stereocenters. The minimum Gasteiger partial charge on any atom is -0.493 e. The van der Waals surface area contributed by atoms with E-state index in [0.717, 1.165) is 34.7 Å². The lowest BCUT2D eigenvalue weighted by atomic mass is 9.95. The van der Waals surface area contributed by atoms with Crippen molar-refractivity contribution in [1.29, 1.82) is 0 Å². The molecule has 0 heterocycles. The zero-order chi connectivity index (χ0) is 14.4. The molecule has 2 nitrogen and oxygen atoms in total. The summed E-state index contributed by atoms with van der Waals surface area (Å²) >= 11 is 6.19. The number of hydrogen-bond acceptors (Lipinski definition) is 2. The van der Waals surface area contributed by atoms with Crippen LogP contribution in [-0.2, 0) is 11.2 Å². The summed E-state index contributed by atoms with van der Waals surface area (Å²) in [5, 5.41) is 0.758. The summed E-state index contributed by atoms with van der Waals surface area (Å²) in [6, 6.07) is 3.96. The maximum atomic E-state index is 11.2. The number of rotatable bonds is 7. The van der Waals surface area contributed by atoms with Crippen molar-refractivity contribution in [3.63, 3.8) is 0 Å². The Morgan fingerprint density at radius 3 is 2.68 bits per heavy atom. The number of halogens is 1. The van der Waals surface area contributed by atoms with Crippen LogP contribution in [0.2, 0.25) is 5.02 Å². The second kappa shape index (κ2) is 7.54. The Balaban J connectivity index is 2.89. The molecule has 1 aromatic rings. The average Bonchev–Trinajstić information content (AvgIpc) is 2.30. The van der Waals surface area contributed by atoms with E-state index in [-0.39, 0.29) is 5.78 Å². The van der Waals surface area contributed by atoms with Gasteiger partial charge in [-0.3, -0.25) is 0 Å². The SMILES string of the molecule is CCCOc1cc(C)c(Cl)cc1CC(C)CC(C)=O. The summed E-state index contributed by atoms with van der Waals surface area (Å²) < 4.78 is 5.78.